The maximum atomic E-state index is 12.7. The summed E-state index contributed by atoms with van der Waals surface area (Å²) in [6, 6.07) is 4.85. The number of amides is 4. The molecular formula is C17H19N5O3. The third-order valence-electron chi connectivity index (χ3n) is 4.98. The number of hydrogen-bond acceptors (Lipinski definition) is 4. The summed E-state index contributed by atoms with van der Waals surface area (Å²) in [6.45, 7) is -0.282. The van der Waals surface area contributed by atoms with Crippen LogP contribution in [0.4, 0.5) is 10.5 Å². The van der Waals surface area contributed by atoms with E-state index in [0.29, 0.717) is 18.5 Å². The number of rotatable bonds is 3. The van der Waals surface area contributed by atoms with Crippen LogP contribution in [0.2, 0.25) is 0 Å². The molecule has 1 aromatic carbocycles. The van der Waals surface area contributed by atoms with E-state index in [0.717, 1.165) is 35.1 Å². The number of carbonyl (C=O) groups excluding carboxylic acids is 3. The quantitative estimate of drug-likeness (QED) is 0.739. The van der Waals surface area contributed by atoms with Gasteiger partial charge in [0.2, 0.25) is 5.91 Å². The number of nitrogens with one attached hydrogen (secondary N) is 3. The lowest BCUT2D eigenvalue weighted by molar-refractivity contribution is -0.134. The van der Waals surface area contributed by atoms with E-state index in [2.05, 4.69) is 20.8 Å². The fourth-order valence-corrected chi connectivity index (χ4v) is 3.68. The van der Waals surface area contributed by atoms with Crippen LogP contribution in [-0.2, 0) is 9.59 Å². The first-order valence-corrected chi connectivity index (χ1v) is 8.44. The number of aromatic nitrogens is 2. The van der Waals surface area contributed by atoms with E-state index in [-0.39, 0.29) is 12.5 Å². The summed E-state index contributed by atoms with van der Waals surface area (Å²) in [5.74, 6) is -0.683. The van der Waals surface area contributed by atoms with E-state index < -0.39 is 17.5 Å². The van der Waals surface area contributed by atoms with Crippen LogP contribution in [0.15, 0.2) is 24.4 Å². The Kier molecular flexibility index (Phi) is 3.67. The molecule has 8 nitrogen and oxygen atoms in total. The lowest BCUT2D eigenvalue weighted by atomic mass is 9.82. The summed E-state index contributed by atoms with van der Waals surface area (Å²) in [7, 11) is 0. The van der Waals surface area contributed by atoms with Crippen LogP contribution >= 0.6 is 0 Å². The van der Waals surface area contributed by atoms with Gasteiger partial charge in [-0.3, -0.25) is 19.6 Å². The Morgan fingerprint density at radius 3 is 2.84 bits per heavy atom. The van der Waals surface area contributed by atoms with Gasteiger partial charge in [-0.25, -0.2) is 4.79 Å². The van der Waals surface area contributed by atoms with Gasteiger partial charge < -0.3 is 10.6 Å². The van der Waals surface area contributed by atoms with Crippen molar-refractivity contribution in [1.82, 2.24) is 20.4 Å². The van der Waals surface area contributed by atoms with Gasteiger partial charge in [0.15, 0.2) is 0 Å². The van der Waals surface area contributed by atoms with E-state index in [1.54, 1.807) is 18.3 Å². The summed E-state index contributed by atoms with van der Waals surface area (Å²) in [6.07, 6.45) is 5.85. The molecule has 1 aromatic heterocycles. The molecule has 2 aliphatic rings. The van der Waals surface area contributed by atoms with Crippen molar-refractivity contribution in [1.29, 1.82) is 0 Å². The van der Waals surface area contributed by atoms with Crippen LogP contribution in [0.25, 0.3) is 10.9 Å². The van der Waals surface area contributed by atoms with Gasteiger partial charge in [-0.2, -0.15) is 5.10 Å². The monoisotopic (exact) mass is 341 g/mol. The van der Waals surface area contributed by atoms with Crippen LogP contribution in [0.1, 0.15) is 32.1 Å². The summed E-state index contributed by atoms with van der Waals surface area (Å²) < 4.78 is 0. The second kappa shape index (κ2) is 5.87. The number of carbonyl (C=O) groups is 3. The number of H-pyrrole nitrogens is 1. The van der Waals surface area contributed by atoms with Gasteiger partial charge in [0.05, 0.1) is 11.7 Å². The number of imide groups is 1. The minimum Gasteiger partial charge on any atom is -0.325 e. The molecule has 1 aliphatic heterocycles. The fourth-order valence-electron chi connectivity index (χ4n) is 3.68. The number of fused-ring (bicyclic) bond motifs is 1. The summed E-state index contributed by atoms with van der Waals surface area (Å²) >= 11 is 0. The normalized spacial score (nSPS) is 19.4. The molecule has 25 heavy (non-hydrogen) atoms. The highest BCUT2D eigenvalue weighted by atomic mass is 16.2. The third-order valence-corrected chi connectivity index (χ3v) is 4.98. The number of anilines is 1. The molecule has 0 radical (unpaired) electrons. The maximum Gasteiger partial charge on any atom is 0.325 e. The Hall–Kier alpha value is -2.90. The minimum atomic E-state index is -0.800. The van der Waals surface area contributed by atoms with Crippen molar-refractivity contribution in [3.8, 4) is 0 Å². The van der Waals surface area contributed by atoms with Crippen LogP contribution in [-0.4, -0.2) is 45.0 Å². The Morgan fingerprint density at radius 2 is 2.04 bits per heavy atom. The first-order chi connectivity index (χ1) is 12.1. The predicted octanol–water partition coefficient (Wildman–Crippen LogP) is 1.76. The molecule has 1 saturated carbocycles. The van der Waals surface area contributed by atoms with Crippen LogP contribution in [0.3, 0.4) is 0 Å². The van der Waals surface area contributed by atoms with E-state index >= 15 is 0 Å². The molecule has 3 N–H and O–H groups in total. The number of urea groups is 1. The van der Waals surface area contributed by atoms with Crippen molar-refractivity contribution in [2.45, 2.75) is 37.6 Å². The number of aromatic amines is 1. The zero-order valence-electron chi connectivity index (χ0n) is 13.7. The van der Waals surface area contributed by atoms with Crippen LogP contribution < -0.4 is 10.6 Å². The molecule has 0 unspecified atom stereocenters. The maximum absolute atomic E-state index is 12.7. The average Bonchev–Trinajstić information content (AvgIpc) is 3.14. The van der Waals surface area contributed by atoms with Gasteiger partial charge in [0.25, 0.3) is 5.91 Å². The van der Waals surface area contributed by atoms with E-state index in [9.17, 15) is 14.4 Å². The minimum absolute atomic E-state index is 0.280. The zero-order valence-corrected chi connectivity index (χ0v) is 13.7. The molecule has 2 aromatic rings. The Morgan fingerprint density at radius 1 is 1.24 bits per heavy atom. The van der Waals surface area contributed by atoms with E-state index in [4.69, 9.17) is 0 Å². The molecule has 1 aliphatic carbocycles. The first kappa shape index (κ1) is 15.6. The van der Waals surface area contributed by atoms with Crippen molar-refractivity contribution < 1.29 is 14.4 Å². The second-order valence-corrected chi connectivity index (χ2v) is 6.68. The van der Waals surface area contributed by atoms with Gasteiger partial charge in [0.1, 0.15) is 12.1 Å². The van der Waals surface area contributed by atoms with Crippen LogP contribution in [0.5, 0.6) is 0 Å². The Labute approximate surface area is 143 Å². The first-order valence-electron chi connectivity index (χ1n) is 8.44. The standard InChI is InChI=1S/C17H19N5O3/c23-14(19-12-4-5-13-11(8-12)9-18-21-13)10-22-15(24)17(20-16(22)25)6-2-1-3-7-17/h4-5,8-9H,1-3,6-7,10H2,(H,18,21)(H,19,23)(H,20,25). The molecule has 130 valence electrons. The summed E-state index contributed by atoms with van der Waals surface area (Å²) in [4.78, 5) is 38.2. The van der Waals surface area contributed by atoms with Gasteiger partial charge in [0, 0.05) is 11.1 Å². The Bertz CT molecular complexity index is 853. The van der Waals surface area contributed by atoms with Crippen molar-refractivity contribution in [2.75, 3.05) is 11.9 Å². The SMILES string of the molecule is O=C(CN1C(=O)NC2(CCCCC2)C1=O)Nc1ccc2[nH]ncc2c1. The van der Waals surface area contributed by atoms with Crippen molar-refractivity contribution in [3.63, 3.8) is 0 Å². The molecule has 8 heteroatoms. The molecule has 4 amide bonds. The summed E-state index contributed by atoms with van der Waals surface area (Å²) in [5, 5.41) is 13.2. The largest absolute Gasteiger partial charge is 0.325 e. The fraction of sp³-hybridized carbons (Fsp3) is 0.412. The van der Waals surface area contributed by atoms with Crippen molar-refractivity contribution in [2.24, 2.45) is 0 Å². The second-order valence-electron chi connectivity index (χ2n) is 6.68. The lowest BCUT2D eigenvalue weighted by Crippen LogP contribution is -2.48. The molecule has 2 heterocycles. The van der Waals surface area contributed by atoms with Gasteiger partial charge in [-0.1, -0.05) is 19.3 Å². The number of benzene rings is 1. The van der Waals surface area contributed by atoms with E-state index in [1.807, 2.05) is 6.07 Å². The van der Waals surface area contributed by atoms with E-state index in [1.165, 1.54) is 0 Å². The van der Waals surface area contributed by atoms with Crippen molar-refractivity contribution >= 4 is 34.4 Å². The summed E-state index contributed by atoms with van der Waals surface area (Å²) in [5.41, 5.74) is 0.662. The van der Waals surface area contributed by atoms with Gasteiger partial charge >= 0.3 is 6.03 Å². The zero-order chi connectivity index (χ0) is 17.4. The Balaban J connectivity index is 1.45. The molecule has 0 atom stereocenters. The highest BCUT2D eigenvalue weighted by Gasteiger charge is 2.51. The highest BCUT2D eigenvalue weighted by molar-refractivity contribution is 6.10. The highest BCUT2D eigenvalue weighted by Crippen LogP contribution is 2.33. The van der Waals surface area contributed by atoms with Crippen molar-refractivity contribution in [3.05, 3.63) is 24.4 Å². The lowest BCUT2D eigenvalue weighted by Gasteiger charge is -2.30. The van der Waals surface area contributed by atoms with Crippen LogP contribution in [0, 0.1) is 0 Å². The van der Waals surface area contributed by atoms with Gasteiger partial charge in [-0.05, 0) is 31.0 Å². The molecule has 4 rings (SSSR count). The third kappa shape index (κ3) is 2.73. The molecule has 0 bridgehead atoms. The molecular weight excluding hydrogens is 322 g/mol. The average molecular weight is 341 g/mol. The topological polar surface area (TPSA) is 107 Å². The molecule has 1 spiro atoms. The predicted molar refractivity (Wildman–Crippen MR) is 90.8 cm³/mol. The molecule has 2 fully saturated rings. The molecule has 1 saturated heterocycles. The number of nitrogens with zero attached hydrogens (tertiary/aromatic N) is 2. The van der Waals surface area contributed by atoms with Gasteiger partial charge in [-0.15, -0.1) is 0 Å². The number of hydrogen-bond donors (Lipinski definition) is 3. The smallest absolute Gasteiger partial charge is 0.325 e.